The van der Waals surface area contributed by atoms with Crippen LogP contribution in [0.2, 0.25) is 0 Å². The Hall–Kier alpha value is -1.84. The SMILES string of the molecule is CC(C)C(=O)COc1ccc2c(c1)NC(=O)CC2. The molecule has 1 N–H and O–H groups in total. The minimum absolute atomic E-state index is 0.0256. The van der Waals surface area contributed by atoms with Gasteiger partial charge in [-0.1, -0.05) is 19.9 Å². The molecule has 2 rings (SSSR count). The number of carbonyl (C=O) groups excluding carboxylic acids is 2. The lowest BCUT2D eigenvalue weighted by atomic mass is 10.0. The molecule has 0 saturated heterocycles. The van der Waals surface area contributed by atoms with Gasteiger partial charge >= 0.3 is 0 Å². The first-order chi connectivity index (χ1) is 8.56. The van der Waals surface area contributed by atoms with Crippen LogP contribution in [-0.2, 0) is 16.0 Å². The molecule has 4 heteroatoms. The van der Waals surface area contributed by atoms with E-state index in [9.17, 15) is 9.59 Å². The van der Waals surface area contributed by atoms with Crippen molar-refractivity contribution in [1.29, 1.82) is 0 Å². The summed E-state index contributed by atoms with van der Waals surface area (Å²) < 4.78 is 5.43. The lowest BCUT2D eigenvalue weighted by molar-refractivity contribution is -0.124. The van der Waals surface area contributed by atoms with Crippen LogP contribution in [0, 0.1) is 5.92 Å². The molecule has 18 heavy (non-hydrogen) atoms. The van der Waals surface area contributed by atoms with Gasteiger partial charge in [0.1, 0.15) is 12.4 Å². The highest BCUT2D eigenvalue weighted by Crippen LogP contribution is 2.27. The van der Waals surface area contributed by atoms with Gasteiger partial charge in [0.15, 0.2) is 5.78 Å². The van der Waals surface area contributed by atoms with E-state index in [2.05, 4.69) is 5.32 Å². The standard InChI is InChI=1S/C14H17NO3/c1-9(2)13(16)8-18-11-5-3-10-4-6-14(17)15-12(10)7-11/h3,5,7,9H,4,6,8H2,1-2H3,(H,15,17). The third kappa shape index (κ3) is 2.88. The highest BCUT2D eigenvalue weighted by atomic mass is 16.5. The fourth-order valence-electron chi connectivity index (χ4n) is 1.76. The molecule has 0 unspecified atom stereocenters. The molecule has 0 spiro atoms. The fourth-order valence-corrected chi connectivity index (χ4v) is 1.76. The van der Waals surface area contributed by atoms with Crippen molar-refractivity contribution in [1.82, 2.24) is 0 Å². The molecule has 0 aromatic heterocycles. The predicted octanol–water partition coefficient (Wildman–Crippen LogP) is 2.18. The van der Waals surface area contributed by atoms with Crippen LogP contribution < -0.4 is 10.1 Å². The Bertz CT molecular complexity index is 480. The molecule has 1 aliphatic rings. The molecule has 0 bridgehead atoms. The van der Waals surface area contributed by atoms with Crippen LogP contribution in [0.25, 0.3) is 0 Å². The molecule has 0 radical (unpaired) electrons. The number of aryl methyl sites for hydroxylation is 1. The van der Waals surface area contributed by atoms with Crippen LogP contribution in [0.4, 0.5) is 5.69 Å². The highest BCUT2D eigenvalue weighted by molar-refractivity contribution is 5.94. The lowest BCUT2D eigenvalue weighted by Crippen LogP contribution is -2.19. The van der Waals surface area contributed by atoms with Gasteiger partial charge in [0.2, 0.25) is 5.91 Å². The van der Waals surface area contributed by atoms with E-state index in [1.807, 2.05) is 26.0 Å². The Balaban J connectivity index is 2.04. The second-order valence-electron chi connectivity index (χ2n) is 4.78. The van der Waals surface area contributed by atoms with Crippen LogP contribution in [0.5, 0.6) is 5.75 Å². The van der Waals surface area contributed by atoms with Gasteiger partial charge in [-0.05, 0) is 18.1 Å². The predicted molar refractivity (Wildman–Crippen MR) is 68.7 cm³/mol. The molecular formula is C14H17NO3. The van der Waals surface area contributed by atoms with Crippen molar-refractivity contribution in [3.63, 3.8) is 0 Å². The summed E-state index contributed by atoms with van der Waals surface area (Å²) in [6.45, 7) is 3.77. The van der Waals surface area contributed by atoms with E-state index in [0.717, 1.165) is 17.7 Å². The van der Waals surface area contributed by atoms with Gasteiger partial charge in [0.25, 0.3) is 0 Å². The number of carbonyl (C=O) groups is 2. The smallest absolute Gasteiger partial charge is 0.224 e. The summed E-state index contributed by atoms with van der Waals surface area (Å²) in [5, 5.41) is 2.81. The van der Waals surface area contributed by atoms with Crippen LogP contribution in [0.3, 0.4) is 0 Å². The molecule has 0 fully saturated rings. The van der Waals surface area contributed by atoms with Gasteiger partial charge in [0, 0.05) is 24.1 Å². The summed E-state index contributed by atoms with van der Waals surface area (Å²) in [5.41, 5.74) is 1.90. The van der Waals surface area contributed by atoms with E-state index in [1.165, 1.54) is 0 Å². The number of benzene rings is 1. The third-order valence-corrected chi connectivity index (χ3v) is 3.00. The molecule has 1 amide bonds. The zero-order chi connectivity index (χ0) is 13.1. The lowest BCUT2D eigenvalue weighted by Gasteiger charge is -2.17. The summed E-state index contributed by atoms with van der Waals surface area (Å²) in [7, 11) is 0. The number of ether oxygens (including phenoxy) is 1. The molecule has 0 saturated carbocycles. The topological polar surface area (TPSA) is 55.4 Å². The second kappa shape index (κ2) is 5.21. The molecule has 1 aromatic rings. The first-order valence-electron chi connectivity index (χ1n) is 6.14. The number of fused-ring (bicyclic) bond motifs is 1. The number of nitrogens with one attached hydrogen (secondary N) is 1. The highest BCUT2D eigenvalue weighted by Gasteiger charge is 2.15. The van der Waals surface area contributed by atoms with Crippen LogP contribution in [0.1, 0.15) is 25.8 Å². The number of Topliss-reactive ketones (excluding diaryl/α,β-unsaturated/α-hetero) is 1. The molecule has 96 valence electrons. The Morgan fingerprint density at radius 1 is 1.39 bits per heavy atom. The van der Waals surface area contributed by atoms with Gasteiger partial charge in [-0.15, -0.1) is 0 Å². The van der Waals surface area contributed by atoms with E-state index >= 15 is 0 Å². The zero-order valence-electron chi connectivity index (χ0n) is 10.7. The second-order valence-corrected chi connectivity index (χ2v) is 4.78. The van der Waals surface area contributed by atoms with Gasteiger partial charge in [-0.25, -0.2) is 0 Å². The van der Waals surface area contributed by atoms with Gasteiger partial charge in [0.05, 0.1) is 0 Å². The number of anilines is 1. The van der Waals surface area contributed by atoms with Crippen molar-refractivity contribution in [2.75, 3.05) is 11.9 Å². The maximum Gasteiger partial charge on any atom is 0.224 e. The molecule has 1 heterocycles. The normalized spacial score (nSPS) is 14.1. The van der Waals surface area contributed by atoms with Gasteiger partial charge in [-0.3, -0.25) is 9.59 Å². The number of ketones is 1. The average Bonchev–Trinajstić information content (AvgIpc) is 2.35. The summed E-state index contributed by atoms with van der Waals surface area (Å²) in [6, 6.07) is 5.55. The zero-order valence-corrected chi connectivity index (χ0v) is 10.7. The summed E-state index contributed by atoms with van der Waals surface area (Å²) >= 11 is 0. The maximum absolute atomic E-state index is 11.5. The fraction of sp³-hybridized carbons (Fsp3) is 0.429. The number of hydrogen-bond acceptors (Lipinski definition) is 3. The number of hydrogen-bond donors (Lipinski definition) is 1. The number of rotatable bonds is 4. The Morgan fingerprint density at radius 3 is 2.89 bits per heavy atom. The van der Waals surface area contributed by atoms with Crippen molar-refractivity contribution < 1.29 is 14.3 Å². The minimum Gasteiger partial charge on any atom is -0.486 e. The van der Waals surface area contributed by atoms with Crippen molar-refractivity contribution in [2.24, 2.45) is 5.92 Å². The van der Waals surface area contributed by atoms with Crippen molar-refractivity contribution in [2.45, 2.75) is 26.7 Å². The first kappa shape index (κ1) is 12.6. The molecule has 4 nitrogen and oxygen atoms in total. The summed E-state index contributed by atoms with van der Waals surface area (Å²) in [6.07, 6.45) is 1.28. The Labute approximate surface area is 106 Å². The van der Waals surface area contributed by atoms with Crippen molar-refractivity contribution >= 4 is 17.4 Å². The van der Waals surface area contributed by atoms with Crippen molar-refractivity contribution in [3.8, 4) is 5.75 Å². The van der Waals surface area contributed by atoms with Gasteiger partial charge < -0.3 is 10.1 Å². The van der Waals surface area contributed by atoms with E-state index < -0.39 is 0 Å². The third-order valence-electron chi connectivity index (χ3n) is 3.00. The molecule has 0 atom stereocenters. The van der Waals surface area contributed by atoms with E-state index in [4.69, 9.17) is 4.74 Å². The quantitative estimate of drug-likeness (QED) is 0.887. The number of amides is 1. The molecule has 1 aromatic carbocycles. The van der Waals surface area contributed by atoms with E-state index in [0.29, 0.717) is 12.2 Å². The van der Waals surface area contributed by atoms with Crippen molar-refractivity contribution in [3.05, 3.63) is 23.8 Å². The van der Waals surface area contributed by atoms with E-state index in [1.54, 1.807) is 6.07 Å². The summed E-state index contributed by atoms with van der Waals surface area (Å²) in [4.78, 5) is 22.7. The van der Waals surface area contributed by atoms with Crippen LogP contribution in [-0.4, -0.2) is 18.3 Å². The first-order valence-corrected chi connectivity index (χ1v) is 6.14. The minimum atomic E-state index is -0.0256. The Kier molecular flexibility index (Phi) is 3.65. The van der Waals surface area contributed by atoms with Gasteiger partial charge in [-0.2, -0.15) is 0 Å². The monoisotopic (exact) mass is 247 g/mol. The molecular weight excluding hydrogens is 230 g/mol. The molecule has 1 aliphatic heterocycles. The summed E-state index contributed by atoms with van der Waals surface area (Å²) in [5.74, 6) is 0.682. The Morgan fingerprint density at radius 2 is 2.17 bits per heavy atom. The van der Waals surface area contributed by atoms with E-state index in [-0.39, 0.29) is 24.2 Å². The molecule has 0 aliphatic carbocycles. The largest absolute Gasteiger partial charge is 0.486 e. The average molecular weight is 247 g/mol. The van der Waals surface area contributed by atoms with Crippen LogP contribution in [0.15, 0.2) is 18.2 Å². The van der Waals surface area contributed by atoms with Crippen LogP contribution >= 0.6 is 0 Å². The maximum atomic E-state index is 11.5.